The Morgan fingerprint density at radius 1 is 1.06 bits per heavy atom. The van der Waals surface area contributed by atoms with Crippen molar-refractivity contribution in [2.24, 2.45) is 0 Å². The van der Waals surface area contributed by atoms with E-state index in [9.17, 15) is 9.59 Å². The highest BCUT2D eigenvalue weighted by Crippen LogP contribution is 2.30. The van der Waals surface area contributed by atoms with Gasteiger partial charge in [-0.3, -0.25) is 9.59 Å². The maximum absolute atomic E-state index is 13.0. The Hall–Kier alpha value is -3.19. The summed E-state index contributed by atoms with van der Waals surface area (Å²) in [5.41, 5.74) is 5.53. The van der Waals surface area contributed by atoms with Crippen molar-refractivity contribution in [3.63, 3.8) is 0 Å². The van der Waals surface area contributed by atoms with Gasteiger partial charge in [-0.05, 0) is 70.0 Å². The van der Waals surface area contributed by atoms with Crippen LogP contribution in [0.4, 0.5) is 5.69 Å². The molecular formula is C25H29N3O3S. The number of amides is 2. The molecule has 0 saturated carbocycles. The van der Waals surface area contributed by atoms with Crippen LogP contribution in [0.25, 0.3) is 10.6 Å². The third kappa shape index (κ3) is 5.34. The quantitative estimate of drug-likeness (QED) is 0.539. The van der Waals surface area contributed by atoms with Crippen LogP contribution in [-0.4, -0.2) is 41.9 Å². The molecule has 0 spiro atoms. The van der Waals surface area contributed by atoms with Gasteiger partial charge in [0.15, 0.2) is 0 Å². The minimum Gasteiger partial charge on any atom is -0.494 e. The Morgan fingerprint density at radius 3 is 2.28 bits per heavy atom. The maximum Gasteiger partial charge on any atom is 0.266 e. The Bertz CT molecular complexity index is 1110. The molecule has 0 bridgehead atoms. The van der Waals surface area contributed by atoms with Crippen LogP contribution in [0.3, 0.4) is 0 Å². The molecule has 3 aromatic rings. The van der Waals surface area contributed by atoms with Gasteiger partial charge in [0.05, 0.1) is 18.8 Å². The molecule has 0 saturated heterocycles. The lowest BCUT2D eigenvalue weighted by atomic mass is 10.1. The molecule has 32 heavy (non-hydrogen) atoms. The topological polar surface area (TPSA) is 71.5 Å². The summed E-state index contributed by atoms with van der Waals surface area (Å²) >= 11 is 1.33. The van der Waals surface area contributed by atoms with E-state index in [2.05, 4.69) is 10.3 Å². The zero-order valence-corrected chi connectivity index (χ0v) is 20.2. The summed E-state index contributed by atoms with van der Waals surface area (Å²) in [5, 5.41) is 3.71. The van der Waals surface area contributed by atoms with Crippen molar-refractivity contribution < 1.29 is 14.3 Å². The van der Waals surface area contributed by atoms with Gasteiger partial charge < -0.3 is 15.0 Å². The molecule has 1 heterocycles. The van der Waals surface area contributed by atoms with Crippen LogP contribution in [0.5, 0.6) is 5.75 Å². The van der Waals surface area contributed by atoms with Crippen molar-refractivity contribution in [2.75, 3.05) is 25.5 Å². The summed E-state index contributed by atoms with van der Waals surface area (Å²) < 4.78 is 5.48. The lowest BCUT2D eigenvalue weighted by Crippen LogP contribution is -2.35. The highest BCUT2D eigenvalue weighted by atomic mass is 32.1. The molecule has 168 valence electrons. The van der Waals surface area contributed by atoms with Gasteiger partial charge in [0.2, 0.25) is 5.91 Å². The van der Waals surface area contributed by atoms with Gasteiger partial charge in [-0.2, -0.15) is 0 Å². The number of carbonyl (C=O) groups is 2. The van der Waals surface area contributed by atoms with Crippen molar-refractivity contribution in [3.05, 3.63) is 63.7 Å². The molecule has 1 N–H and O–H groups in total. The first-order chi connectivity index (χ1) is 15.2. The second kappa shape index (κ2) is 9.96. The first-order valence-corrected chi connectivity index (χ1v) is 11.3. The largest absolute Gasteiger partial charge is 0.494 e. The summed E-state index contributed by atoms with van der Waals surface area (Å²) in [5.74, 6) is 0.347. The van der Waals surface area contributed by atoms with Crippen LogP contribution in [0, 0.1) is 27.7 Å². The van der Waals surface area contributed by atoms with Gasteiger partial charge in [-0.1, -0.05) is 17.7 Å². The number of anilines is 1. The van der Waals surface area contributed by atoms with Crippen LogP contribution >= 0.6 is 11.3 Å². The monoisotopic (exact) mass is 451 g/mol. The van der Waals surface area contributed by atoms with Crippen LogP contribution in [0.15, 0.2) is 36.4 Å². The first-order valence-electron chi connectivity index (χ1n) is 10.5. The smallest absolute Gasteiger partial charge is 0.266 e. The number of nitrogens with zero attached hydrogens (tertiary/aromatic N) is 2. The van der Waals surface area contributed by atoms with Crippen molar-refractivity contribution in [3.8, 4) is 16.3 Å². The lowest BCUT2D eigenvalue weighted by Gasteiger charge is -2.18. The van der Waals surface area contributed by atoms with E-state index in [1.165, 1.54) is 16.2 Å². The van der Waals surface area contributed by atoms with Crippen molar-refractivity contribution in [2.45, 2.75) is 34.6 Å². The molecule has 2 aromatic carbocycles. The van der Waals surface area contributed by atoms with E-state index >= 15 is 0 Å². The van der Waals surface area contributed by atoms with Crippen molar-refractivity contribution in [1.82, 2.24) is 9.88 Å². The standard InChI is InChI=1S/C25H29N3O3S/c1-7-31-20-10-8-19(9-11-20)24-26-18(5)23(32-24)25(30)28(6)14-21(29)27-22-16(3)12-15(2)13-17(22)4/h8-13H,7,14H2,1-6H3,(H,27,29). The van der Waals surface area contributed by atoms with Gasteiger partial charge in [0.1, 0.15) is 15.6 Å². The minimum atomic E-state index is -0.232. The molecule has 1 aromatic heterocycles. The SMILES string of the molecule is CCOc1ccc(-c2nc(C)c(C(=O)N(C)CC(=O)Nc3c(C)cc(C)cc3C)s2)cc1. The number of aryl methyl sites for hydroxylation is 4. The number of hydrogen-bond donors (Lipinski definition) is 1. The van der Waals surface area contributed by atoms with Gasteiger partial charge in [-0.25, -0.2) is 4.98 Å². The Balaban J connectivity index is 1.70. The summed E-state index contributed by atoms with van der Waals surface area (Å²) in [6.45, 7) is 10.3. The van der Waals surface area contributed by atoms with E-state index in [1.807, 2.05) is 71.0 Å². The summed E-state index contributed by atoms with van der Waals surface area (Å²) in [4.78, 5) is 32.2. The summed E-state index contributed by atoms with van der Waals surface area (Å²) in [6.07, 6.45) is 0. The second-order valence-corrected chi connectivity index (χ2v) is 8.87. The van der Waals surface area contributed by atoms with E-state index in [1.54, 1.807) is 7.05 Å². The third-order valence-electron chi connectivity index (χ3n) is 5.07. The number of thiazole rings is 1. The number of rotatable bonds is 7. The van der Waals surface area contributed by atoms with Gasteiger partial charge >= 0.3 is 0 Å². The highest BCUT2D eigenvalue weighted by molar-refractivity contribution is 7.17. The first kappa shape index (κ1) is 23.5. The zero-order chi connectivity index (χ0) is 23.4. The fraction of sp³-hybridized carbons (Fsp3) is 0.320. The van der Waals surface area contributed by atoms with Crippen molar-refractivity contribution >= 4 is 28.8 Å². The van der Waals surface area contributed by atoms with E-state index < -0.39 is 0 Å². The third-order valence-corrected chi connectivity index (χ3v) is 6.27. The van der Waals surface area contributed by atoms with Crippen LogP contribution in [0.1, 0.15) is 39.0 Å². The molecule has 6 nitrogen and oxygen atoms in total. The number of ether oxygens (including phenoxy) is 1. The molecule has 0 aliphatic carbocycles. The molecule has 0 atom stereocenters. The minimum absolute atomic E-state index is 0.0404. The number of likely N-dealkylation sites (N-methyl/N-ethyl adjacent to an activating group) is 1. The fourth-order valence-corrected chi connectivity index (χ4v) is 4.66. The summed E-state index contributed by atoms with van der Waals surface area (Å²) in [6, 6.07) is 11.7. The average Bonchev–Trinajstić information content (AvgIpc) is 3.12. The van der Waals surface area contributed by atoms with Gasteiger partial charge in [0, 0.05) is 18.3 Å². The number of benzene rings is 2. The number of carbonyl (C=O) groups excluding carboxylic acids is 2. The average molecular weight is 452 g/mol. The molecular weight excluding hydrogens is 422 g/mol. The number of hydrogen-bond acceptors (Lipinski definition) is 5. The molecule has 0 aliphatic heterocycles. The predicted octanol–water partition coefficient (Wildman–Crippen LogP) is 5.15. The van der Waals surface area contributed by atoms with Gasteiger partial charge in [-0.15, -0.1) is 11.3 Å². The zero-order valence-electron chi connectivity index (χ0n) is 19.4. The van der Waals surface area contributed by atoms with E-state index in [0.717, 1.165) is 38.7 Å². The molecule has 0 fully saturated rings. The Labute approximate surface area is 193 Å². The molecule has 3 rings (SSSR count). The van der Waals surface area contributed by atoms with Crippen LogP contribution in [-0.2, 0) is 4.79 Å². The van der Waals surface area contributed by atoms with E-state index in [4.69, 9.17) is 4.74 Å². The van der Waals surface area contributed by atoms with Gasteiger partial charge in [0.25, 0.3) is 5.91 Å². The second-order valence-electron chi connectivity index (χ2n) is 7.87. The molecule has 0 unspecified atom stereocenters. The highest BCUT2D eigenvalue weighted by Gasteiger charge is 2.22. The Kier molecular flexibility index (Phi) is 7.30. The Morgan fingerprint density at radius 2 is 1.69 bits per heavy atom. The lowest BCUT2D eigenvalue weighted by molar-refractivity contribution is -0.116. The van der Waals surface area contributed by atoms with E-state index in [0.29, 0.717) is 17.2 Å². The van der Waals surface area contributed by atoms with Crippen molar-refractivity contribution in [1.29, 1.82) is 0 Å². The van der Waals surface area contributed by atoms with Crippen LogP contribution in [0.2, 0.25) is 0 Å². The molecule has 0 aliphatic rings. The summed E-state index contributed by atoms with van der Waals surface area (Å²) in [7, 11) is 1.63. The molecule has 0 radical (unpaired) electrons. The maximum atomic E-state index is 13.0. The van der Waals surface area contributed by atoms with Crippen LogP contribution < -0.4 is 10.1 Å². The number of aromatic nitrogens is 1. The van der Waals surface area contributed by atoms with E-state index in [-0.39, 0.29) is 18.4 Å². The molecule has 2 amide bonds. The molecule has 7 heteroatoms. The predicted molar refractivity (Wildman–Crippen MR) is 130 cm³/mol. The normalized spacial score (nSPS) is 10.7. The number of nitrogens with one attached hydrogen (secondary N) is 1. The fourth-order valence-electron chi connectivity index (χ4n) is 3.60.